The molecule has 7 nitrogen and oxygen atoms in total. The van der Waals surface area contributed by atoms with Gasteiger partial charge in [-0.25, -0.2) is 4.85 Å². The van der Waals surface area contributed by atoms with E-state index in [1.54, 1.807) is 6.07 Å². The van der Waals surface area contributed by atoms with Gasteiger partial charge in [0.15, 0.2) is 16.9 Å². The van der Waals surface area contributed by atoms with Gasteiger partial charge in [0, 0.05) is 54.3 Å². The molecule has 58 heavy (non-hydrogen) atoms. The molecule has 266 valence electrons. The molecule has 0 saturated heterocycles. The van der Waals surface area contributed by atoms with Crippen LogP contribution >= 0.6 is 0 Å². The van der Waals surface area contributed by atoms with Crippen LogP contribution in [0.4, 0.5) is 11.4 Å². The maximum atomic E-state index is 10.4. The first-order valence-corrected chi connectivity index (χ1v) is 18.8. The molecule has 0 aliphatic carbocycles. The summed E-state index contributed by atoms with van der Waals surface area (Å²) in [6.45, 7) is 16.9. The SMILES string of the molecule is [C-]#[N+]c1ccc(-c2ccc(C#N)cc2-n2c3ccccc3c3ccc4c5ccccc5oc4c32)c(-n2c3ccccc3c3ccc4c5ccccc5oc4c32)c1[N+]#[C-]. The van der Waals surface area contributed by atoms with E-state index in [0.717, 1.165) is 98.7 Å². The second kappa shape index (κ2) is 11.7. The molecule has 0 atom stereocenters. The molecule has 0 aliphatic heterocycles. The van der Waals surface area contributed by atoms with Crippen LogP contribution in [0.25, 0.3) is 120 Å². The summed E-state index contributed by atoms with van der Waals surface area (Å²) in [5.41, 5.74) is 10.2. The average molecular weight is 740 g/mol. The second-order valence-electron chi connectivity index (χ2n) is 14.5. The molecule has 12 rings (SSSR count). The highest BCUT2D eigenvalue weighted by Crippen LogP contribution is 2.49. The van der Waals surface area contributed by atoms with Crippen molar-refractivity contribution >= 4 is 98.9 Å². The Balaban J connectivity index is 1.27. The molecule has 4 aromatic heterocycles. The molecule has 8 aromatic carbocycles. The Morgan fingerprint density at radius 3 is 1.59 bits per heavy atom. The molecule has 0 bridgehead atoms. The average Bonchev–Trinajstić information content (AvgIpc) is 4.03. The van der Waals surface area contributed by atoms with Gasteiger partial charge in [-0.3, -0.25) is 4.85 Å². The number of nitriles is 1. The van der Waals surface area contributed by atoms with E-state index in [9.17, 15) is 5.26 Å². The first-order valence-electron chi connectivity index (χ1n) is 18.8. The van der Waals surface area contributed by atoms with Crippen molar-refractivity contribution < 1.29 is 8.83 Å². The van der Waals surface area contributed by atoms with Gasteiger partial charge in [-0.05, 0) is 54.1 Å². The van der Waals surface area contributed by atoms with E-state index in [1.165, 1.54) is 0 Å². The number of rotatable bonds is 3. The van der Waals surface area contributed by atoms with Crippen LogP contribution in [0.2, 0.25) is 0 Å². The Morgan fingerprint density at radius 2 is 1.00 bits per heavy atom. The third-order valence-electron chi connectivity index (χ3n) is 11.6. The van der Waals surface area contributed by atoms with Crippen LogP contribution in [0.5, 0.6) is 0 Å². The molecule has 0 aliphatic rings. The first-order chi connectivity index (χ1) is 28.7. The fourth-order valence-corrected chi connectivity index (χ4v) is 9.17. The molecule has 0 N–H and O–H groups in total. The molecule has 0 radical (unpaired) electrons. The Kier molecular flexibility index (Phi) is 6.41. The normalized spacial score (nSPS) is 11.7. The van der Waals surface area contributed by atoms with E-state index in [1.807, 2.05) is 84.9 Å². The molecular formula is C51H25N5O2. The van der Waals surface area contributed by atoms with Gasteiger partial charge in [-0.1, -0.05) is 103 Å². The summed E-state index contributed by atoms with van der Waals surface area (Å²) in [6, 6.07) is 52.7. The Morgan fingerprint density at radius 1 is 0.483 bits per heavy atom. The maximum absolute atomic E-state index is 10.4. The fourth-order valence-electron chi connectivity index (χ4n) is 9.17. The zero-order chi connectivity index (χ0) is 38.6. The van der Waals surface area contributed by atoms with Crippen LogP contribution < -0.4 is 0 Å². The summed E-state index contributed by atoms with van der Waals surface area (Å²) in [5.74, 6) is 0. The lowest BCUT2D eigenvalue weighted by molar-refractivity contribution is 0.670. The molecule has 0 fully saturated rings. The van der Waals surface area contributed by atoms with Crippen molar-refractivity contribution in [3.05, 3.63) is 180 Å². The van der Waals surface area contributed by atoms with Gasteiger partial charge >= 0.3 is 0 Å². The lowest BCUT2D eigenvalue weighted by Crippen LogP contribution is -2.02. The zero-order valence-electron chi connectivity index (χ0n) is 30.5. The van der Waals surface area contributed by atoms with Crippen molar-refractivity contribution in [2.75, 3.05) is 0 Å². The third kappa shape index (κ3) is 4.13. The van der Waals surface area contributed by atoms with E-state index in [-0.39, 0.29) is 11.4 Å². The Labute approximate surface area is 329 Å². The highest BCUT2D eigenvalue weighted by Gasteiger charge is 2.27. The summed E-state index contributed by atoms with van der Waals surface area (Å²) in [7, 11) is 0. The number of nitrogens with zero attached hydrogens (tertiary/aromatic N) is 5. The molecule has 0 spiro atoms. The molecule has 7 heteroatoms. The minimum Gasteiger partial charge on any atom is -0.454 e. The topological polar surface area (TPSA) is 68.6 Å². The van der Waals surface area contributed by atoms with Crippen molar-refractivity contribution in [2.45, 2.75) is 0 Å². The highest BCUT2D eigenvalue weighted by atomic mass is 16.3. The monoisotopic (exact) mass is 739 g/mol. The van der Waals surface area contributed by atoms with E-state index >= 15 is 0 Å². The minimum absolute atomic E-state index is 0.223. The number of benzene rings is 8. The van der Waals surface area contributed by atoms with Gasteiger partial charge in [0.05, 0.1) is 52.5 Å². The van der Waals surface area contributed by atoms with E-state index in [4.69, 9.17) is 22.0 Å². The predicted molar refractivity (Wildman–Crippen MR) is 232 cm³/mol. The smallest absolute Gasteiger partial charge is 0.218 e. The number of fused-ring (bicyclic) bond motifs is 14. The quantitative estimate of drug-likeness (QED) is 0.169. The van der Waals surface area contributed by atoms with Crippen LogP contribution in [-0.4, -0.2) is 9.13 Å². The number of para-hydroxylation sites is 4. The lowest BCUT2D eigenvalue weighted by atomic mass is 9.97. The third-order valence-corrected chi connectivity index (χ3v) is 11.6. The van der Waals surface area contributed by atoms with Gasteiger partial charge in [-0.2, -0.15) is 5.26 Å². The van der Waals surface area contributed by atoms with Crippen molar-refractivity contribution in [3.8, 4) is 28.6 Å². The van der Waals surface area contributed by atoms with Gasteiger partial charge in [-0.15, -0.1) is 0 Å². The molecule has 0 saturated carbocycles. The van der Waals surface area contributed by atoms with Crippen LogP contribution in [0.3, 0.4) is 0 Å². The summed E-state index contributed by atoms with van der Waals surface area (Å²) >= 11 is 0. The zero-order valence-corrected chi connectivity index (χ0v) is 30.5. The predicted octanol–water partition coefficient (Wildman–Crippen LogP) is 14.3. The molecule has 4 heterocycles. The largest absolute Gasteiger partial charge is 0.454 e. The second-order valence-corrected chi connectivity index (χ2v) is 14.5. The van der Waals surface area contributed by atoms with Crippen molar-refractivity contribution in [1.29, 1.82) is 5.26 Å². The standard InChI is InChI=1S/C51H25N5O2/c1-53-40-26-25-35(47(46(40)54-2)56-42-16-8-4-12-31(42)37-22-24-39-34-14-6-10-18-45(34)58-51(39)49(37)56)32-20-19-29(28-52)27-43(32)55-41-15-7-3-11-30(41)36-21-23-38-33-13-5-9-17-44(33)57-50(38)48(36)55/h3-27H. The van der Waals surface area contributed by atoms with Gasteiger partial charge in [0.25, 0.3) is 0 Å². The van der Waals surface area contributed by atoms with Crippen molar-refractivity contribution in [2.24, 2.45) is 0 Å². The van der Waals surface area contributed by atoms with Crippen molar-refractivity contribution in [3.63, 3.8) is 0 Å². The van der Waals surface area contributed by atoms with Crippen LogP contribution in [0.15, 0.2) is 160 Å². The van der Waals surface area contributed by atoms with E-state index in [0.29, 0.717) is 16.8 Å². The van der Waals surface area contributed by atoms with Crippen molar-refractivity contribution in [1.82, 2.24) is 9.13 Å². The summed E-state index contributed by atoms with van der Waals surface area (Å²) in [5, 5.41) is 18.4. The van der Waals surface area contributed by atoms with Gasteiger partial charge in [0.2, 0.25) is 5.69 Å². The Hall–Kier alpha value is -8.57. The van der Waals surface area contributed by atoms with Crippen LogP contribution in [0.1, 0.15) is 5.56 Å². The fraction of sp³-hybridized carbons (Fsp3) is 0. The summed E-state index contributed by atoms with van der Waals surface area (Å²) in [4.78, 5) is 8.00. The summed E-state index contributed by atoms with van der Waals surface area (Å²) in [6.07, 6.45) is 0. The van der Waals surface area contributed by atoms with E-state index in [2.05, 4.69) is 85.6 Å². The molecule has 0 unspecified atom stereocenters. The highest BCUT2D eigenvalue weighted by molar-refractivity contribution is 6.23. The molecule has 12 aromatic rings. The Bertz CT molecular complexity index is 3910. The number of hydrogen-bond acceptors (Lipinski definition) is 3. The van der Waals surface area contributed by atoms with Gasteiger partial charge in [0.1, 0.15) is 11.2 Å². The number of aromatic nitrogens is 2. The van der Waals surface area contributed by atoms with Crippen LogP contribution in [0, 0.1) is 24.5 Å². The maximum Gasteiger partial charge on any atom is 0.218 e. The summed E-state index contributed by atoms with van der Waals surface area (Å²) < 4.78 is 17.7. The van der Waals surface area contributed by atoms with E-state index < -0.39 is 0 Å². The van der Waals surface area contributed by atoms with Crippen LogP contribution in [-0.2, 0) is 0 Å². The molecular weight excluding hydrogens is 715 g/mol. The first kappa shape index (κ1) is 31.7. The lowest BCUT2D eigenvalue weighted by Gasteiger charge is -2.20. The molecule has 0 amide bonds. The number of hydrogen-bond donors (Lipinski definition) is 0. The number of furan rings is 2. The minimum atomic E-state index is 0.223. The van der Waals surface area contributed by atoms with Gasteiger partial charge < -0.3 is 18.0 Å².